The molecule has 0 bridgehead atoms. The molecule has 0 saturated carbocycles. The number of nitrogens with one attached hydrogen (secondary N) is 2. The Morgan fingerprint density at radius 2 is 2.29 bits per heavy atom. The molecule has 0 spiro atoms. The largest absolute Gasteiger partial charge is 0.353 e. The maximum absolute atomic E-state index is 12.2. The number of fused-ring (bicyclic) bond motifs is 1. The van der Waals surface area contributed by atoms with Crippen LogP contribution in [0.15, 0.2) is 24.3 Å². The van der Waals surface area contributed by atoms with E-state index in [0.717, 1.165) is 42.8 Å². The van der Waals surface area contributed by atoms with Crippen LogP contribution in [0.4, 0.5) is 0 Å². The zero-order valence-electron chi connectivity index (χ0n) is 12.6. The Hall–Kier alpha value is -1.88. The second kappa shape index (κ2) is 5.48. The van der Waals surface area contributed by atoms with E-state index in [1.807, 2.05) is 32.0 Å². The van der Waals surface area contributed by atoms with Crippen LogP contribution in [0.25, 0.3) is 11.0 Å². The molecular formula is C16H22N4O. The number of carbonyl (C=O) groups excluding carboxylic acids is 1. The molecule has 1 aromatic carbocycles. The number of aryl methyl sites for hydroxylation is 1. The normalized spacial score (nSPS) is 21.8. The Labute approximate surface area is 124 Å². The van der Waals surface area contributed by atoms with Crippen LogP contribution < -0.4 is 10.6 Å². The number of rotatable bonds is 4. The molecule has 0 radical (unpaired) electrons. The smallest absolute Gasteiger partial charge is 0.240 e. The molecule has 1 fully saturated rings. The highest BCUT2D eigenvalue weighted by molar-refractivity contribution is 5.86. The van der Waals surface area contributed by atoms with E-state index in [0.29, 0.717) is 6.54 Å². The maximum Gasteiger partial charge on any atom is 0.240 e. The van der Waals surface area contributed by atoms with Crippen LogP contribution in [0.3, 0.4) is 0 Å². The van der Waals surface area contributed by atoms with Gasteiger partial charge in [0.25, 0.3) is 0 Å². The minimum Gasteiger partial charge on any atom is -0.353 e. The first-order valence-corrected chi connectivity index (χ1v) is 7.55. The third kappa shape index (κ3) is 2.65. The molecule has 5 heteroatoms. The standard InChI is InChI=1S/C16H22N4O/c1-12-19-13-6-3-4-7-14(13)20(12)11-10-17-15(21)16(2)8-5-9-18-16/h3-4,6-7,18H,5,8-11H2,1-2H3,(H,17,21). The van der Waals surface area contributed by atoms with Crippen molar-refractivity contribution >= 4 is 16.9 Å². The summed E-state index contributed by atoms with van der Waals surface area (Å²) in [5.74, 6) is 1.08. The second-order valence-corrected chi connectivity index (χ2v) is 5.92. The summed E-state index contributed by atoms with van der Waals surface area (Å²) in [7, 11) is 0. The molecule has 0 aliphatic carbocycles. The van der Waals surface area contributed by atoms with E-state index in [1.54, 1.807) is 0 Å². The molecule has 2 aromatic rings. The lowest BCUT2D eigenvalue weighted by Gasteiger charge is -2.23. The van der Waals surface area contributed by atoms with E-state index in [2.05, 4.69) is 26.3 Å². The molecule has 1 unspecified atom stereocenters. The lowest BCUT2D eigenvalue weighted by Crippen LogP contribution is -2.51. The minimum atomic E-state index is -0.397. The molecule has 21 heavy (non-hydrogen) atoms. The van der Waals surface area contributed by atoms with Crippen molar-refractivity contribution in [1.29, 1.82) is 0 Å². The summed E-state index contributed by atoms with van der Waals surface area (Å²) < 4.78 is 2.15. The highest BCUT2D eigenvalue weighted by atomic mass is 16.2. The summed E-state index contributed by atoms with van der Waals surface area (Å²) >= 11 is 0. The molecule has 1 aromatic heterocycles. The number of aromatic nitrogens is 2. The highest BCUT2D eigenvalue weighted by Crippen LogP contribution is 2.18. The van der Waals surface area contributed by atoms with Gasteiger partial charge in [-0.15, -0.1) is 0 Å². The van der Waals surface area contributed by atoms with Crippen LogP contribution in [-0.2, 0) is 11.3 Å². The van der Waals surface area contributed by atoms with Crippen molar-refractivity contribution < 1.29 is 4.79 Å². The van der Waals surface area contributed by atoms with Gasteiger partial charge in [-0.3, -0.25) is 4.79 Å². The van der Waals surface area contributed by atoms with Crippen LogP contribution >= 0.6 is 0 Å². The van der Waals surface area contributed by atoms with Gasteiger partial charge in [0.2, 0.25) is 5.91 Å². The molecule has 112 valence electrons. The van der Waals surface area contributed by atoms with Crippen molar-refractivity contribution in [2.75, 3.05) is 13.1 Å². The van der Waals surface area contributed by atoms with E-state index in [1.165, 1.54) is 0 Å². The van der Waals surface area contributed by atoms with Crippen molar-refractivity contribution in [2.24, 2.45) is 0 Å². The summed E-state index contributed by atoms with van der Waals surface area (Å²) in [6, 6.07) is 8.09. The Morgan fingerprint density at radius 3 is 3.05 bits per heavy atom. The number of hydrogen-bond donors (Lipinski definition) is 2. The topological polar surface area (TPSA) is 59.0 Å². The molecule has 2 N–H and O–H groups in total. The number of para-hydroxylation sites is 2. The van der Waals surface area contributed by atoms with Gasteiger partial charge in [0.1, 0.15) is 5.82 Å². The minimum absolute atomic E-state index is 0.0991. The number of nitrogens with zero attached hydrogens (tertiary/aromatic N) is 2. The van der Waals surface area contributed by atoms with E-state index in [4.69, 9.17) is 0 Å². The quantitative estimate of drug-likeness (QED) is 0.897. The number of hydrogen-bond acceptors (Lipinski definition) is 3. The fourth-order valence-corrected chi connectivity index (χ4v) is 3.04. The Morgan fingerprint density at radius 1 is 1.48 bits per heavy atom. The van der Waals surface area contributed by atoms with E-state index in [-0.39, 0.29) is 5.91 Å². The first-order valence-electron chi connectivity index (χ1n) is 7.55. The van der Waals surface area contributed by atoms with E-state index >= 15 is 0 Å². The van der Waals surface area contributed by atoms with Gasteiger partial charge in [-0.2, -0.15) is 0 Å². The van der Waals surface area contributed by atoms with Crippen LogP contribution in [0, 0.1) is 6.92 Å². The molecule has 1 amide bonds. The summed E-state index contributed by atoms with van der Waals surface area (Å²) in [4.78, 5) is 16.8. The van der Waals surface area contributed by atoms with Gasteiger partial charge in [0, 0.05) is 13.1 Å². The summed E-state index contributed by atoms with van der Waals surface area (Å²) in [6.45, 7) is 6.27. The molecule has 1 atom stereocenters. The number of benzene rings is 1. The number of amides is 1. The monoisotopic (exact) mass is 286 g/mol. The van der Waals surface area contributed by atoms with Crippen molar-refractivity contribution in [3.8, 4) is 0 Å². The SMILES string of the molecule is Cc1nc2ccccc2n1CCNC(=O)C1(C)CCCN1. The first kappa shape index (κ1) is 14.1. The molecule has 5 nitrogen and oxygen atoms in total. The number of carbonyl (C=O) groups is 1. The zero-order chi connectivity index (χ0) is 14.9. The predicted octanol–water partition coefficient (Wildman–Crippen LogP) is 1.60. The number of imidazole rings is 1. The molecular weight excluding hydrogens is 264 g/mol. The van der Waals surface area contributed by atoms with Crippen molar-refractivity contribution in [3.05, 3.63) is 30.1 Å². The Kier molecular flexibility index (Phi) is 3.68. The van der Waals surface area contributed by atoms with Gasteiger partial charge >= 0.3 is 0 Å². The molecule has 2 heterocycles. The summed E-state index contributed by atoms with van der Waals surface area (Å²) in [6.07, 6.45) is 1.97. The van der Waals surface area contributed by atoms with E-state index in [9.17, 15) is 4.79 Å². The van der Waals surface area contributed by atoms with Gasteiger partial charge in [-0.05, 0) is 45.4 Å². The molecule has 1 saturated heterocycles. The van der Waals surface area contributed by atoms with Gasteiger partial charge in [-0.25, -0.2) is 4.98 Å². The third-order valence-electron chi connectivity index (χ3n) is 4.34. The molecule has 1 aliphatic heterocycles. The lowest BCUT2D eigenvalue weighted by atomic mass is 9.99. The van der Waals surface area contributed by atoms with E-state index < -0.39 is 5.54 Å². The third-order valence-corrected chi connectivity index (χ3v) is 4.34. The fourth-order valence-electron chi connectivity index (χ4n) is 3.04. The highest BCUT2D eigenvalue weighted by Gasteiger charge is 2.35. The predicted molar refractivity (Wildman–Crippen MR) is 83.1 cm³/mol. The lowest BCUT2D eigenvalue weighted by molar-refractivity contribution is -0.126. The Bertz CT molecular complexity index is 655. The van der Waals surface area contributed by atoms with Crippen molar-refractivity contribution in [1.82, 2.24) is 20.2 Å². The van der Waals surface area contributed by atoms with Gasteiger partial charge in [0.05, 0.1) is 16.6 Å². The summed E-state index contributed by atoms with van der Waals surface area (Å²) in [5.41, 5.74) is 1.73. The van der Waals surface area contributed by atoms with Crippen LogP contribution in [0.5, 0.6) is 0 Å². The maximum atomic E-state index is 12.2. The average molecular weight is 286 g/mol. The molecule has 1 aliphatic rings. The van der Waals surface area contributed by atoms with Gasteiger partial charge in [0.15, 0.2) is 0 Å². The summed E-state index contributed by atoms with van der Waals surface area (Å²) in [5, 5.41) is 6.33. The van der Waals surface area contributed by atoms with Crippen LogP contribution in [0.2, 0.25) is 0 Å². The zero-order valence-corrected chi connectivity index (χ0v) is 12.6. The Balaban J connectivity index is 1.64. The average Bonchev–Trinajstić information content (AvgIpc) is 3.04. The van der Waals surface area contributed by atoms with Crippen molar-refractivity contribution in [3.63, 3.8) is 0 Å². The van der Waals surface area contributed by atoms with Gasteiger partial charge < -0.3 is 15.2 Å². The second-order valence-electron chi connectivity index (χ2n) is 5.92. The van der Waals surface area contributed by atoms with Gasteiger partial charge in [-0.1, -0.05) is 12.1 Å². The fraction of sp³-hybridized carbons (Fsp3) is 0.500. The van der Waals surface area contributed by atoms with Crippen LogP contribution in [0.1, 0.15) is 25.6 Å². The van der Waals surface area contributed by atoms with Crippen molar-refractivity contribution in [2.45, 2.75) is 38.8 Å². The van der Waals surface area contributed by atoms with Crippen LogP contribution in [-0.4, -0.2) is 34.1 Å². The molecule has 3 rings (SSSR count). The first-order chi connectivity index (χ1) is 10.1.